The van der Waals surface area contributed by atoms with Crippen molar-refractivity contribution in [3.63, 3.8) is 0 Å². The van der Waals surface area contributed by atoms with Crippen LogP contribution in [0.15, 0.2) is 48.5 Å². The van der Waals surface area contributed by atoms with Crippen LogP contribution in [0.2, 0.25) is 0 Å². The zero-order valence-electron chi connectivity index (χ0n) is 17.7. The summed E-state index contributed by atoms with van der Waals surface area (Å²) in [5.74, 6) is -0.572. The van der Waals surface area contributed by atoms with Crippen LogP contribution in [0.4, 0.5) is 4.39 Å². The minimum atomic E-state index is -0.789. The molecule has 2 rings (SSSR count). The van der Waals surface area contributed by atoms with Gasteiger partial charge in [-0.1, -0.05) is 35.9 Å². The summed E-state index contributed by atoms with van der Waals surface area (Å²) in [6.45, 7) is 8.90. The molecule has 5 nitrogen and oxygen atoms in total. The predicted octanol–water partition coefficient (Wildman–Crippen LogP) is 3.84. The molecule has 0 heterocycles. The van der Waals surface area contributed by atoms with Gasteiger partial charge in [0.2, 0.25) is 5.91 Å². The maximum Gasteiger partial charge on any atom is 0.261 e. The van der Waals surface area contributed by atoms with E-state index in [1.165, 1.54) is 11.0 Å². The molecule has 2 aromatic carbocycles. The van der Waals surface area contributed by atoms with Crippen LogP contribution in [0.1, 0.15) is 38.8 Å². The summed E-state index contributed by atoms with van der Waals surface area (Å²) in [5, 5.41) is 2.87. The third-order valence-corrected chi connectivity index (χ3v) is 4.35. The molecule has 0 aliphatic heterocycles. The average molecular weight is 400 g/mol. The standard InChI is InChI=1S/C23H29FN2O3/c1-16-10-12-19(13-11-16)29-15-21(27)26(14-18-8-6-7-9-20(18)24)17(2)22(28)25-23(3,4)5/h6-13,17H,14-15H2,1-5H3,(H,25,28)/t17-/m1/s1. The van der Waals surface area contributed by atoms with Crippen molar-refractivity contribution in [2.24, 2.45) is 0 Å². The van der Waals surface area contributed by atoms with Crippen molar-refractivity contribution in [1.82, 2.24) is 10.2 Å². The molecule has 6 heteroatoms. The molecule has 0 fully saturated rings. The van der Waals surface area contributed by atoms with E-state index < -0.39 is 23.3 Å². The molecule has 0 saturated carbocycles. The zero-order chi connectivity index (χ0) is 21.6. The summed E-state index contributed by atoms with van der Waals surface area (Å²) in [4.78, 5) is 26.9. The highest BCUT2D eigenvalue weighted by molar-refractivity contribution is 5.88. The second-order valence-electron chi connectivity index (χ2n) is 8.13. The first-order valence-corrected chi connectivity index (χ1v) is 9.61. The van der Waals surface area contributed by atoms with Gasteiger partial charge in [-0.25, -0.2) is 4.39 Å². The maximum atomic E-state index is 14.2. The Bertz CT molecular complexity index is 844. The molecular weight excluding hydrogens is 371 g/mol. The molecule has 1 atom stereocenters. The van der Waals surface area contributed by atoms with Crippen molar-refractivity contribution in [2.75, 3.05) is 6.61 Å². The van der Waals surface area contributed by atoms with Crippen molar-refractivity contribution in [1.29, 1.82) is 0 Å². The van der Waals surface area contributed by atoms with Gasteiger partial charge in [0.25, 0.3) is 5.91 Å². The number of nitrogens with one attached hydrogen (secondary N) is 1. The fraction of sp³-hybridized carbons (Fsp3) is 0.391. The van der Waals surface area contributed by atoms with Gasteiger partial charge in [0.1, 0.15) is 17.6 Å². The van der Waals surface area contributed by atoms with E-state index in [2.05, 4.69) is 5.32 Å². The molecule has 0 radical (unpaired) electrons. The Morgan fingerprint density at radius 3 is 2.31 bits per heavy atom. The first kappa shape index (κ1) is 22.4. The third kappa shape index (κ3) is 6.89. The van der Waals surface area contributed by atoms with E-state index in [4.69, 9.17) is 4.74 Å². The Morgan fingerprint density at radius 2 is 1.72 bits per heavy atom. The lowest BCUT2D eigenvalue weighted by atomic mass is 10.1. The van der Waals surface area contributed by atoms with E-state index in [-0.39, 0.29) is 19.1 Å². The van der Waals surface area contributed by atoms with Gasteiger partial charge in [-0.05, 0) is 52.8 Å². The number of benzene rings is 2. The molecule has 2 amide bonds. The number of nitrogens with zero attached hydrogens (tertiary/aromatic N) is 1. The van der Waals surface area contributed by atoms with Gasteiger partial charge in [-0.15, -0.1) is 0 Å². The van der Waals surface area contributed by atoms with Crippen LogP contribution in [0, 0.1) is 12.7 Å². The van der Waals surface area contributed by atoms with Gasteiger partial charge in [-0.3, -0.25) is 9.59 Å². The summed E-state index contributed by atoms with van der Waals surface area (Å²) in [7, 11) is 0. The number of amides is 2. The molecule has 1 N–H and O–H groups in total. The SMILES string of the molecule is Cc1ccc(OCC(=O)N(Cc2ccccc2F)[C@H](C)C(=O)NC(C)(C)C)cc1. The zero-order valence-corrected chi connectivity index (χ0v) is 17.7. The van der Waals surface area contributed by atoms with Crippen molar-refractivity contribution in [2.45, 2.75) is 52.7 Å². The molecule has 29 heavy (non-hydrogen) atoms. The maximum absolute atomic E-state index is 14.2. The minimum absolute atomic E-state index is 0.0263. The number of ether oxygens (including phenoxy) is 1. The Labute approximate surface area is 171 Å². The fourth-order valence-electron chi connectivity index (χ4n) is 2.73. The summed E-state index contributed by atoms with van der Waals surface area (Å²) in [6.07, 6.45) is 0. The Morgan fingerprint density at radius 1 is 1.10 bits per heavy atom. The van der Waals surface area contributed by atoms with Crippen LogP contribution >= 0.6 is 0 Å². The van der Waals surface area contributed by atoms with Crippen LogP contribution in [-0.2, 0) is 16.1 Å². The summed E-state index contributed by atoms with van der Waals surface area (Å²) >= 11 is 0. The van der Waals surface area contributed by atoms with E-state index in [1.807, 2.05) is 39.8 Å². The molecule has 0 spiro atoms. The van der Waals surface area contributed by atoms with Gasteiger partial charge in [-0.2, -0.15) is 0 Å². The van der Waals surface area contributed by atoms with Crippen LogP contribution < -0.4 is 10.1 Å². The minimum Gasteiger partial charge on any atom is -0.484 e. The van der Waals surface area contributed by atoms with Crippen molar-refractivity contribution < 1.29 is 18.7 Å². The molecule has 156 valence electrons. The van der Waals surface area contributed by atoms with E-state index in [0.29, 0.717) is 11.3 Å². The second kappa shape index (κ2) is 9.54. The number of carbonyl (C=O) groups is 2. The van der Waals surface area contributed by atoms with Crippen molar-refractivity contribution in [3.8, 4) is 5.75 Å². The predicted molar refractivity (Wildman–Crippen MR) is 111 cm³/mol. The van der Waals surface area contributed by atoms with Crippen LogP contribution in [-0.4, -0.2) is 34.9 Å². The number of halogens is 1. The van der Waals surface area contributed by atoms with Gasteiger partial charge < -0.3 is 15.0 Å². The monoisotopic (exact) mass is 400 g/mol. The number of carbonyl (C=O) groups excluding carboxylic acids is 2. The first-order valence-electron chi connectivity index (χ1n) is 9.61. The molecule has 0 saturated heterocycles. The Kier molecular flexibility index (Phi) is 7.37. The van der Waals surface area contributed by atoms with Gasteiger partial charge in [0.05, 0.1) is 0 Å². The second-order valence-corrected chi connectivity index (χ2v) is 8.13. The first-order chi connectivity index (χ1) is 13.6. The molecule has 0 aliphatic carbocycles. The number of hydrogen-bond donors (Lipinski definition) is 1. The van der Waals surface area contributed by atoms with Crippen LogP contribution in [0.25, 0.3) is 0 Å². The highest BCUT2D eigenvalue weighted by Crippen LogP contribution is 2.16. The fourth-order valence-corrected chi connectivity index (χ4v) is 2.73. The van der Waals surface area contributed by atoms with E-state index >= 15 is 0 Å². The van der Waals surface area contributed by atoms with Crippen LogP contribution in [0.5, 0.6) is 5.75 Å². The lowest BCUT2D eigenvalue weighted by Crippen LogP contribution is -2.53. The van der Waals surface area contributed by atoms with Crippen molar-refractivity contribution >= 4 is 11.8 Å². The summed E-state index contributed by atoms with van der Waals surface area (Å²) in [5.41, 5.74) is 0.972. The van der Waals surface area contributed by atoms with Gasteiger partial charge in [0, 0.05) is 17.6 Å². The highest BCUT2D eigenvalue weighted by atomic mass is 19.1. The van der Waals surface area contributed by atoms with E-state index in [9.17, 15) is 14.0 Å². The number of aryl methyl sites for hydroxylation is 1. The average Bonchev–Trinajstić information content (AvgIpc) is 2.65. The smallest absolute Gasteiger partial charge is 0.261 e. The third-order valence-electron chi connectivity index (χ3n) is 4.35. The molecule has 0 aromatic heterocycles. The lowest BCUT2D eigenvalue weighted by molar-refractivity contribution is -0.142. The lowest BCUT2D eigenvalue weighted by Gasteiger charge is -2.31. The summed E-state index contributed by atoms with van der Waals surface area (Å²) < 4.78 is 19.8. The molecule has 0 unspecified atom stereocenters. The van der Waals surface area contributed by atoms with E-state index in [1.54, 1.807) is 37.3 Å². The molecular formula is C23H29FN2O3. The van der Waals surface area contributed by atoms with Crippen LogP contribution in [0.3, 0.4) is 0 Å². The quantitative estimate of drug-likeness (QED) is 0.768. The van der Waals surface area contributed by atoms with E-state index in [0.717, 1.165) is 5.56 Å². The Hall–Kier alpha value is -2.89. The summed E-state index contributed by atoms with van der Waals surface area (Å²) in [6, 6.07) is 12.8. The highest BCUT2D eigenvalue weighted by Gasteiger charge is 2.29. The van der Waals surface area contributed by atoms with Gasteiger partial charge in [0.15, 0.2) is 6.61 Å². The molecule has 0 bridgehead atoms. The topological polar surface area (TPSA) is 58.6 Å². The largest absolute Gasteiger partial charge is 0.484 e. The van der Waals surface area contributed by atoms with Gasteiger partial charge >= 0.3 is 0 Å². The molecule has 2 aromatic rings. The Balaban J connectivity index is 2.18. The van der Waals surface area contributed by atoms with Crippen molar-refractivity contribution in [3.05, 3.63) is 65.5 Å². The normalized spacial score (nSPS) is 12.2. The number of hydrogen-bond acceptors (Lipinski definition) is 3. The number of rotatable bonds is 7. The molecule has 0 aliphatic rings.